The lowest BCUT2D eigenvalue weighted by Gasteiger charge is -2.30. The van der Waals surface area contributed by atoms with Gasteiger partial charge in [0, 0.05) is 0 Å². The van der Waals surface area contributed by atoms with Crippen molar-refractivity contribution in [2.45, 2.75) is 25.5 Å². The molecule has 0 aliphatic heterocycles. The number of ether oxygens (including phenoxy) is 1. The van der Waals surface area contributed by atoms with Crippen LogP contribution in [0.4, 0.5) is 0 Å². The summed E-state index contributed by atoms with van der Waals surface area (Å²) in [6.45, 7) is 1.83. The number of rotatable bonds is 8. The molecule has 0 radical (unpaired) electrons. The third-order valence-corrected chi connectivity index (χ3v) is 3.86. The number of carboxylic acid groups (broad SMARTS) is 1. The van der Waals surface area contributed by atoms with Gasteiger partial charge < -0.3 is 15.2 Å². The second-order valence-electron chi connectivity index (χ2n) is 5.46. The summed E-state index contributed by atoms with van der Waals surface area (Å²) in [5.41, 5.74) is 0.0406. The summed E-state index contributed by atoms with van der Waals surface area (Å²) < 4.78 is 5.38. The molecule has 2 aromatic rings. The molecule has 0 bridgehead atoms. The largest absolute Gasteiger partial charge is 0.479 e. The monoisotopic (exact) mass is 327 g/mol. The van der Waals surface area contributed by atoms with Crippen LogP contribution in [0, 0.1) is 0 Å². The van der Waals surface area contributed by atoms with E-state index in [1.807, 2.05) is 30.3 Å². The van der Waals surface area contributed by atoms with E-state index in [-0.39, 0.29) is 13.0 Å². The maximum atomic E-state index is 12.2. The highest BCUT2D eigenvalue weighted by Crippen LogP contribution is 2.25. The molecule has 0 saturated heterocycles. The van der Waals surface area contributed by atoms with Crippen LogP contribution in [-0.2, 0) is 26.5 Å². The van der Waals surface area contributed by atoms with E-state index in [4.69, 9.17) is 4.74 Å². The van der Waals surface area contributed by atoms with Crippen molar-refractivity contribution < 1.29 is 19.4 Å². The average Bonchev–Trinajstić information content (AvgIpc) is 2.61. The van der Waals surface area contributed by atoms with Crippen LogP contribution in [-0.4, -0.2) is 23.6 Å². The van der Waals surface area contributed by atoms with E-state index in [0.29, 0.717) is 12.2 Å². The van der Waals surface area contributed by atoms with Crippen molar-refractivity contribution in [3.8, 4) is 0 Å². The number of amides is 1. The van der Waals surface area contributed by atoms with Crippen LogP contribution in [0.1, 0.15) is 24.5 Å². The summed E-state index contributed by atoms with van der Waals surface area (Å²) in [6, 6.07) is 18.2. The predicted octanol–water partition coefficient (Wildman–Crippen LogP) is 2.71. The molecule has 2 N–H and O–H groups in total. The van der Waals surface area contributed by atoms with Crippen LogP contribution >= 0.6 is 0 Å². The maximum absolute atomic E-state index is 12.2. The van der Waals surface area contributed by atoms with Crippen LogP contribution in [0.25, 0.3) is 0 Å². The summed E-state index contributed by atoms with van der Waals surface area (Å²) in [5, 5.41) is 12.3. The Bertz CT molecular complexity index is 672. The zero-order chi connectivity index (χ0) is 17.4. The van der Waals surface area contributed by atoms with Gasteiger partial charge in [0.2, 0.25) is 5.91 Å². The Morgan fingerprint density at radius 3 is 2.17 bits per heavy atom. The molecule has 5 nitrogen and oxygen atoms in total. The lowest BCUT2D eigenvalue weighted by molar-refractivity contribution is -0.149. The Balaban J connectivity index is 2.01. The fraction of sp³-hybridized carbons (Fsp3) is 0.263. The lowest BCUT2D eigenvalue weighted by atomic mass is 9.87. The summed E-state index contributed by atoms with van der Waals surface area (Å²) in [7, 11) is 0. The highest BCUT2D eigenvalue weighted by atomic mass is 16.5. The second-order valence-corrected chi connectivity index (χ2v) is 5.46. The Morgan fingerprint density at radius 2 is 1.62 bits per heavy atom. The number of aliphatic carboxylic acids is 1. The van der Waals surface area contributed by atoms with Crippen LogP contribution in [0.15, 0.2) is 60.7 Å². The highest BCUT2D eigenvalue weighted by Gasteiger charge is 2.40. The maximum Gasteiger partial charge on any atom is 0.334 e. The molecule has 2 rings (SSSR count). The van der Waals surface area contributed by atoms with Gasteiger partial charge in [-0.25, -0.2) is 4.79 Å². The zero-order valence-corrected chi connectivity index (χ0v) is 13.6. The van der Waals surface area contributed by atoms with Crippen molar-refractivity contribution in [2.75, 3.05) is 6.61 Å². The molecule has 5 heteroatoms. The quantitative estimate of drug-likeness (QED) is 0.782. The summed E-state index contributed by atoms with van der Waals surface area (Å²) in [5.74, 6) is -1.55. The molecule has 126 valence electrons. The molecule has 0 saturated carbocycles. The van der Waals surface area contributed by atoms with Crippen LogP contribution in [0.3, 0.4) is 0 Å². The number of benzene rings is 2. The van der Waals surface area contributed by atoms with Gasteiger partial charge in [-0.3, -0.25) is 4.79 Å². The molecular formula is C19H21NO4. The number of carbonyl (C=O) groups is 2. The van der Waals surface area contributed by atoms with E-state index in [2.05, 4.69) is 5.32 Å². The Labute approximate surface area is 141 Å². The van der Waals surface area contributed by atoms with Gasteiger partial charge in [-0.2, -0.15) is 0 Å². The highest BCUT2D eigenvalue weighted by molar-refractivity contribution is 5.88. The Hall–Kier alpha value is -2.66. The van der Waals surface area contributed by atoms with Gasteiger partial charge in [-0.05, 0) is 17.5 Å². The summed E-state index contributed by atoms with van der Waals surface area (Å²) >= 11 is 0. The molecule has 0 aromatic heterocycles. The topological polar surface area (TPSA) is 75.6 Å². The molecule has 1 amide bonds. The van der Waals surface area contributed by atoms with Gasteiger partial charge in [-0.1, -0.05) is 67.6 Å². The number of carboxylic acids is 1. The molecule has 2 aromatic carbocycles. The first kappa shape index (κ1) is 17.7. The minimum atomic E-state index is -1.45. The second kappa shape index (κ2) is 8.26. The molecule has 0 fully saturated rings. The average molecular weight is 327 g/mol. The third kappa shape index (κ3) is 4.20. The van der Waals surface area contributed by atoms with Crippen molar-refractivity contribution in [3.63, 3.8) is 0 Å². The van der Waals surface area contributed by atoms with Crippen LogP contribution < -0.4 is 5.32 Å². The van der Waals surface area contributed by atoms with Crippen molar-refractivity contribution in [2.24, 2.45) is 0 Å². The minimum Gasteiger partial charge on any atom is -0.479 e. The van der Waals surface area contributed by atoms with Gasteiger partial charge in [0.1, 0.15) is 6.61 Å². The first-order chi connectivity index (χ1) is 11.6. The van der Waals surface area contributed by atoms with Crippen molar-refractivity contribution in [3.05, 3.63) is 71.8 Å². The van der Waals surface area contributed by atoms with E-state index in [0.717, 1.165) is 5.56 Å². The van der Waals surface area contributed by atoms with E-state index in [1.54, 1.807) is 37.3 Å². The molecule has 1 unspecified atom stereocenters. The summed E-state index contributed by atoms with van der Waals surface area (Å²) in [4.78, 5) is 24.0. The van der Waals surface area contributed by atoms with Crippen molar-refractivity contribution in [1.29, 1.82) is 0 Å². The smallest absolute Gasteiger partial charge is 0.334 e. The normalized spacial score (nSPS) is 13.0. The van der Waals surface area contributed by atoms with E-state index in [9.17, 15) is 14.7 Å². The van der Waals surface area contributed by atoms with Crippen molar-refractivity contribution >= 4 is 11.9 Å². The molecule has 0 heterocycles. The first-order valence-corrected chi connectivity index (χ1v) is 7.80. The van der Waals surface area contributed by atoms with Gasteiger partial charge in [-0.15, -0.1) is 0 Å². The molecule has 24 heavy (non-hydrogen) atoms. The van der Waals surface area contributed by atoms with E-state index >= 15 is 0 Å². The lowest BCUT2D eigenvalue weighted by Crippen LogP contribution is -2.52. The third-order valence-electron chi connectivity index (χ3n) is 3.86. The standard InChI is InChI=1S/C19H21NO4/c1-2-19(18(22)23,16-11-7-4-8-12-16)20-17(21)14-24-13-15-9-5-3-6-10-15/h3-12H,2,13-14H2,1H3,(H,20,21)(H,22,23). The molecule has 0 spiro atoms. The fourth-order valence-electron chi connectivity index (χ4n) is 2.53. The van der Waals surface area contributed by atoms with Gasteiger partial charge in [0.25, 0.3) is 0 Å². The molecule has 1 atom stereocenters. The van der Waals surface area contributed by atoms with Gasteiger partial charge in [0.15, 0.2) is 5.54 Å². The van der Waals surface area contributed by atoms with Crippen molar-refractivity contribution in [1.82, 2.24) is 5.32 Å². The van der Waals surface area contributed by atoms with Crippen LogP contribution in [0.2, 0.25) is 0 Å². The summed E-state index contributed by atoms with van der Waals surface area (Å²) in [6.07, 6.45) is 0.233. The zero-order valence-electron chi connectivity index (χ0n) is 13.6. The molecule has 0 aliphatic carbocycles. The fourth-order valence-corrected chi connectivity index (χ4v) is 2.53. The van der Waals surface area contributed by atoms with Crippen LogP contribution in [0.5, 0.6) is 0 Å². The Kier molecular flexibility index (Phi) is 6.09. The number of hydrogen-bond acceptors (Lipinski definition) is 3. The number of nitrogens with one attached hydrogen (secondary N) is 1. The molecular weight excluding hydrogens is 306 g/mol. The van der Waals surface area contributed by atoms with Gasteiger partial charge >= 0.3 is 5.97 Å². The SMILES string of the molecule is CCC(NC(=O)COCc1ccccc1)(C(=O)O)c1ccccc1. The molecule has 0 aliphatic rings. The number of hydrogen-bond donors (Lipinski definition) is 2. The predicted molar refractivity (Wildman–Crippen MR) is 90.3 cm³/mol. The van der Waals surface area contributed by atoms with Gasteiger partial charge in [0.05, 0.1) is 6.61 Å². The number of carbonyl (C=O) groups excluding carboxylic acids is 1. The van der Waals surface area contributed by atoms with E-state index < -0.39 is 17.4 Å². The Morgan fingerprint density at radius 1 is 1.04 bits per heavy atom. The van der Waals surface area contributed by atoms with E-state index in [1.165, 1.54) is 0 Å². The minimum absolute atomic E-state index is 0.198. The first-order valence-electron chi connectivity index (χ1n) is 7.80.